The summed E-state index contributed by atoms with van der Waals surface area (Å²) in [5, 5.41) is 19.3. The highest BCUT2D eigenvalue weighted by molar-refractivity contribution is 5.81. The van der Waals surface area contributed by atoms with Gasteiger partial charge in [-0.15, -0.1) is 0 Å². The van der Waals surface area contributed by atoms with E-state index < -0.39 is 23.7 Å². The predicted molar refractivity (Wildman–Crippen MR) is 102 cm³/mol. The summed E-state index contributed by atoms with van der Waals surface area (Å²) in [7, 11) is 0. The van der Waals surface area contributed by atoms with Crippen molar-refractivity contribution in [2.45, 2.75) is 45.3 Å². The van der Waals surface area contributed by atoms with Crippen molar-refractivity contribution in [1.29, 1.82) is 0 Å². The average Bonchev–Trinajstić information content (AvgIpc) is 2.60. The highest BCUT2D eigenvalue weighted by Crippen LogP contribution is 2.24. The molecule has 150 valence electrons. The van der Waals surface area contributed by atoms with E-state index >= 15 is 0 Å². The van der Waals surface area contributed by atoms with Crippen LogP contribution in [0.2, 0.25) is 0 Å². The molecule has 0 radical (unpaired) electrons. The molecule has 0 aliphatic heterocycles. The number of hydrogen-bond acceptors (Lipinski definition) is 4. The van der Waals surface area contributed by atoms with Crippen LogP contribution in [0.5, 0.6) is 0 Å². The molecular weight excluding hydrogens is 360 g/mol. The lowest BCUT2D eigenvalue weighted by Gasteiger charge is -2.31. The van der Waals surface area contributed by atoms with Gasteiger partial charge in [0.1, 0.15) is 5.60 Å². The van der Waals surface area contributed by atoms with Crippen molar-refractivity contribution < 1.29 is 29.4 Å². The first-order chi connectivity index (χ1) is 13.2. The molecule has 1 heterocycles. The third-order valence-electron chi connectivity index (χ3n) is 4.00. The molecule has 1 aromatic carbocycles. The Morgan fingerprint density at radius 3 is 2.39 bits per heavy atom. The number of carbonyl (C=O) groups excluding carboxylic acids is 1. The van der Waals surface area contributed by atoms with Crippen molar-refractivity contribution in [3.8, 4) is 0 Å². The van der Waals surface area contributed by atoms with Crippen molar-refractivity contribution in [2.75, 3.05) is 6.54 Å². The van der Waals surface area contributed by atoms with E-state index in [0.29, 0.717) is 18.4 Å². The maximum Gasteiger partial charge on any atom is 0.411 e. The molecule has 2 aromatic rings. The minimum Gasteiger partial charge on any atom is -0.479 e. The highest BCUT2D eigenvalue weighted by atomic mass is 16.6. The van der Waals surface area contributed by atoms with Gasteiger partial charge >= 0.3 is 12.1 Å². The molecule has 7 heteroatoms. The number of ether oxygens (including phenoxy) is 1. The summed E-state index contributed by atoms with van der Waals surface area (Å²) in [6.07, 6.45) is 3.49. The lowest BCUT2D eigenvalue weighted by atomic mass is 10.0. The summed E-state index contributed by atoms with van der Waals surface area (Å²) in [6, 6.07) is 11.1. The van der Waals surface area contributed by atoms with Gasteiger partial charge < -0.3 is 9.84 Å². The van der Waals surface area contributed by atoms with Gasteiger partial charge in [-0.1, -0.05) is 30.3 Å². The van der Waals surface area contributed by atoms with Crippen LogP contribution in [-0.2, 0) is 16.0 Å². The smallest absolute Gasteiger partial charge is 0.411 e. The largest absolute Gasteiger partial charge is 0.479 e. The van der Waals surface area contributed by atoms with E-state index in [2.05, 4.69) is 0 Å². The van der Waals surface area contributed by atoms with Gasteiger partial charge in [0.05, 0.1) is 0 Å². The molecule has 7 nitrogen and oxygen atoms in total. The van der Waals surface area contributed by atoms with Crippen LogP contribution in [0.1, 0.15) is 44.4 Å². The Labute approximate surface area is 164 Å². The number of aromatic nitrogens is 1. The summed E-state index contributed by atoms with van der Waals surface area (Å²) in [4.78, 5) is 26.0. The molecule has 0 saturated heterocycles. The number of pyridine rings is 1. The fourth-order valence-corrected chi connectivity index (χ4v) is 2.85. The molecule has 2 N–H and O–H groups in total. The first-order valence-corrected chi connectivity index (χ1v) is 9.14. The molecule has 0 fully saturated rings. The molecule has 0 aliphatic carbocycles. The Balaban J connectivity index is 2.22. The second-order valence-electron chi connectivity index (χ2n) is 7.52. The van der Waals surface area contributed by atoms with E-state index in [1.807, 2.05) is 6.07 Å². The van der Waals surface area contributed by atoms with Crippen molar-refractivity contribution in [1.82, 2.24) is 4.90 Å². The zero-order valence-corrected chi connectivity index (χ0v) is 16.4. The van der Waals surface area contributed by atoms with Crippen LogP contribution in [0.15, 0.2) is 54.9 Å². The van der Waals surface area contributed by atoms with E-state index in [1.54, 1.807) is 63.4 Å². The molecule has 1 atom stereocenters. The molecular formula is C21H27N2O5+. The van der Waals surface area contributed by atoms with Gasteiger partial charge in [0.2, 0.25) is 12.4 Å². The lowest BCUT2D eigenvalue weighted by Crippen LogP contribution is -2.42. The minimum atomic E-state index is -1.14. The second kappa shape index (κ2) is 9.21. The number of benzene rings is 1. The van der Waals surface area contributed by atoms with Gasteiger partial charge in [0, 0.05) is 22.9 Å². The number of carboxylic acid groups (broad SMARTS) is 1. The zero-order valence-electron chi connectivity index (χ0n) is 16.4. The maximum absolute atomic E-state index is 12.8. The number of carbonyl (C=O) groups is 2. The monoisotopic (exact) mass is 387 g/mol. The van der Waals surface area contributed by atoms with Crippen LogP contribution in [0, 0.1) is 0 Å². The molecule has 2 rings (SSSR count). The fourth-order valence-electron chi connectivity index (χ4n) is 2.85. The summed E-state index contributed by atoms with van der Waals surface area (Å²) >= 11 is 0. The normalized spacial score (nSPS) is 12.2. The number of aryl methyl sites for hydroxylation is 1. The summed E-state index contributed by atoms with van der Waals surface area (Å²) in [5.41, 5.74) is 0.645. The van der Waals surface area contributed by atoms with Crippen molar-refractivity contribution in [3.63, 3.8) is 0 Å². The van der Waals surface area contributed by atoms with E-state index in [0.717, 1.165) is 10.3 Å². The SMILES string of the molecule is CC(C)(C)OC(=O)N(CCCc1ccc[n+](O)c1)[C@H](C(=O)O)c1ccccc1. The highest BCUT2D eigenvalue weighted by Gasteiger charge is 2.33. The van der Waals surface area contributed by atoms with Gasteiger partial charge in [-0.05, 0) is 45.2 Å². The molecule has 1 amide bonds. The van der Waals surface area contributed by atoms with Gasteiger partial charge in [-0.2, -0.15) is 0 Å². The third kappa shape index (κ3) is 6.26. The van der Waals surface area contributed by atoms with E-state index in [9.17, 15) is 19.9 Å². The molecule has 0 bridgehead atoms. The van der Waals surface area contributed by atoms with E-state index in [1.165, 1.54) is 11.1 Å². The number of carboxylic acids is 1. The van der Waals surface area contributed by atoms with Crippen LogP contribution in [0.3, 0.4) is 0 Å². The van der Waals surface area contributed by atoms with E-state index in [-0.39, 0.29) is 6.54 Å². The summed E-state index contributed by atoms with van der Waals surface area (Å²) in [5.74, 6) is -1.12. The van der Waals surface area contributed by atoms with Crippen LogP contribution >= 0.6 is 0 Å². The maximum atomic E-state index is 12.8. The van der Waals surface area contributed by atoms with Crippen LogP contribution in [0.25, 0.3) is 0 Å². The second-order valence-corrected chi connectivity index (χ2v) is 7.52. The summed E-state index contributed by atoms with van der Waals surface area (Å²) in [6.45, 7) is 5.42. The number of hydrogen-bond donors (Lipinski definition) is 2. The average molecular weight is 387 g/mol. The van der Waals surface area contributed by atoms with Crippen LogP contribution in [0.4, 0.5) is 4.79 Å². The first-order valence-electron chi connectivity index (χ1n) is 9.14. The Kier molecular flexibility index (Phi) is 6.98. The predicted octanol–water partition coefficient (Wildman–Crippen LogP) is 3.21. The number of aliphatic carboxylic acids is 1. The topological polar surface area (TPSA) is 91.0 Å². The third-order valence-corrected chi connectivity index (χ3v) is 4.00. The van der Waals surface area contributed by atoms with Crippen LogP contribution in [-0.4, -0.2) is 39.4 Å². The van der Waals surface area contributed by atoms with Crippen molar-refractivity contribution in [2.24, 2.45) is 0 Å². The molecule has 0 unspecified atom stereocenters. The van der Waals surface area contributed by atoms with Gasteiger partial charge in [-0.3, -0.25) is 10.1 Å². The van der Waals surface area contributed by atoms with Crippen LogP contribution < -0.4 is 4.73 Å². The lowest BCUT2D eigenvalue weighted by molar-refractivity contribution is -0.905. The standard InChI is InChI=1S/C21H26N2O5/c1-21(2,3)28-20(26)23(14-8-10-16-9-7-13-22(27)15-16)18(19(24)25)17-11-5-4-6-12-17/h4-7,9,11-13,15,18H,8,10,14H2,1-3H3,(H-,24,25,27)/p+1/t18-/m0/s1. The van der Waals surface area contributed by atoms with E-state index in [4.69, 9.17) is 4.74 Å². The Bertz CT molecular complexity index is 802. The molecule has 0 saturated carbocycles. The number of nitrogens with zero attached hydrogens (tertiary/aromatic N) is 2. The quantitative estimate of drug-likeness (QED) is 0.562. The van der Waals surface area contributed by atoms with Gasteiger partial charge in [-0.25, -0.2) is 9.59 Å². The Hall–Kier alpha value is -3.09. The fraction of sp³-hybridized carbons (Fsp3) is 0.381. The zero-order chi connectivity index (χ0) is 20.7. The Morgan fingerprint density at radius 2 is 1.82 bits per heavy atom. The van der Waals surface area contributed by atoms with Crippen molar-refractivity contribution >= 4 is 12.1 Å². The number of rotatable bonds is 7. The minimum absolute atomic E-state index is 0.196. The molecule has 0 aliphatic rings. The summed E-state index contributed by atoms with van der Waals surface area (Å²) < 4.78 is 6.42. The molecule has 0 spiro atoms. The number of amides is 1. The van der Waals surface area contributed by atoms with Gasteiger partial charge in [0.25, 0.3) is 0 Å². The first kappa shape index (κ1) is 21.2. The Morgan fingerprint density at radius 1 is 1.14 bits per heavy atom. The molecule has 28 heavy (non-hydrogen) atoms. The van der Waals surface area contributed by atoms with Crippen molar-refractivity contribution in [3.05, 3.63) is 66.0 Å². The van der Waals surface area contributed by atoms with Gasteiger partial charge in [0.15, 0.2) is 6.04 Å². The molecule has 1 aromatic heterocycles.